The zero-order valence-corrected chi connectivity index (χ0v) is 16.9. The van der Waals surface area contributed by atoms with Crippen LogP contribution in [0.25, 0.3) is 21.5 Å². The van der Waals surface area contributed by atoms with Crippen LogP contribution in [0.2, 0.25) is 5.02 Å². The summed E-state index contributed by atoms with van der Waals surface area (Å²) in [6.07, 6.45) is 7.76. The van der Waals surface area contributed by atoms with Gasteiger partial charge in [0.1, 0.15) is 0 Å². The summed E-state index contributed by atoms with van der Waals surface area (Å²) in [5.41, 5.74) is 3.30. The topological polar surface area (TPSA) is 46.8 Å². The molecule has 5 rings (SSSR count). The Morgan fingerprint density at radius 3 is 2.68 bits per heavy atom. The van der Waals surface area contributed by atoms with Crippen LogP contribution in [-0.4, -0.2) is 37.7 Å². The van der Waals surface area contributed by atoms with Crippen molar-refractivity contribution in [3.63, 3.8) is 0 Å². The number of rotatable bonds is 4. The summed E-state index contributed by atoms with van der Waals surface area (Å²) in [5.74, 6) is 0.532. The summed E-state index contributed by atoms with van der Waals surface area (Å²) in [4.78, 5) is 11.4. The van der Waals surface area contributed by atoms with E-state index in [4.69, 9.17) is 16.6 Å². The van der Waals surface area contributed by atoms with Gasteiger partial charge in [0, 0.05) is 48.2 Å². The van der Waals surface area contributed by atoms with Crippen molar-refractivity contribution in [1.82, 2.24) is 24.6 Å². The summed E-state index contributed by atoms with van der Waals surface area (Å²) < 4.78 is 3.30. The number of nitrogens with zero attached hydrogens (tertiary/aromatic N) is 5. The molecule has 7 heteroatoms. The third-order valence-electron chi connectivity index (χ3n) is 5.33. The number of piperidine rings is 1. The Morgan fingerprint density at radius 1 is 1.04 bits per heavy atom. The maximum absolute atomic E-state index is 6.10. The Kier molecular flexibility index (Phi) is 4.84. The molecule has 0 saturated carbocycles. The molecule has 0 aliphatic carbocycles. The number of fused-ring (bicyclic) bond motifs is 1. The molecule has 4 heterocycles. The second kappa shape index (κ2) is 7.62. The van der Waals surface area contributed by atoms with Gasteiger partial charge >= 0.3 is 0 Å². The van der Waals surface area contributed by atoms with Gasteiger partial charge in [0.2, 0.25) is 0 Å². The van der Waals surface area contributed by atoms with Crippen molar-refractivity contribution in [2.24, 2.45) is 0 Å². The van der Waals surface area contributed by atoms with Crippen LogP contribution < -0.4 is 0 Å². The van der Waals surface area contributed by atoms with Crippen LogP contribution in [0.5, 0.6) is 0 Å². The lowest BCUT2D eigenvalue weighted by Gasteiger charge is -2.31. The van der Waals surface area contributed by atoms with E-state index in [0.29, 0.717) is 5.92 Å². The molecular weight excluding hydrogens is 390 g/mol. The first-order chi connectivity index (χ1) is 13.8. The second-order valence-electron chi connectivity index (χ2n) is 7.15. The third-order valence-corrected chi connectivity index (χ3v) is 6.76. The van der Waals surface area contributed by atoms with E-state index in [1.165, 1.54) is 9.71 Å². The molecule has 0 unspecified atom stereocenters. The van der Waals surface area contributed by atoms with E-state index in [-0.39, 0.29) is 0 Å². The number of aromatic nitrogens is 4. The number of hydrogen-bond acceptors (Lipinski definition) is 5. The predicted molar refractivity (Wildman–Crippen MR) is 114 cm³/mol. The molecule has 1 aromatic carbocycles. The normalized spacial score (nSPS) is 16.0. The van der Waals surface area contributed by atoms with Crippen LogP contribution in [0.3, 0.4) is 0 Å². The highest BCUT2D eigenvalue weighted by Crippen LogP contribution is 2.35. The standard InChI is InChI=1S/C21H20ClN5S/c22-17-1-2-20-18(13-17)25-21(28-20)16-6-11-26(12-7-16)14-27-19(5-10-24-27)15-3-8-23-9-4-15/h1-5,8-10,13,16H,6-7,11-12,14H2. The maximum atomic E-state index is 6.10. The summed E-state index contributed by atoms with van der Waals surface area (Å²) >= 11 is 7.91. The molecule has 3 aromatic heterocycles. The lowest BCUT2D eigenvalue weighted by Crippen LogP contribution is -2.35. The van der Waals surface area contributed by atoms with Crippen molar-refractivity contribution in [2.45, 2.75) is 25.4 Å². The maximum Gasteiger partial charge on any atom is 0.0970 e. The van der Waals surface area contributed by atoms with Gasteiger partial charge in [-0.3, -0.25) is 14.6 Å². The molecule has 0 N–H and O–H groups in total. The lowest BCUT2D eigenvalue weighted by atomic mass is 9.98. The predicted octanol–water partition coefficient (Wildman–Crippen LogP) is 5.05. The van der Waals surface area contributed by atoms with E-state index in [0.717, 1.165) is 54.4 Å². The van der Waals surface area contributed by atoms with Gasteiger partial charge in [0.25, 0.3) is 0 Å². The molecule has 0 radical (unpaired) electrons. The Balaban J connectivity index is 1.26. The molecule has 0 spiro atoms. The van der Waals surface area contributed by atoms with Crippen LogP contribution >= 0.6 is 22.9 Å². The molecule has 0 amide bonds. The van der Waals surface area contributed by atoms with E-state index >= 15 is 0 Å². The van der Waals surface area contributed by atoms with Crippen molar-refractivity contribution < 1.29 is 0 Å². The summed E-state index contributed by atoms with van der Waals surface area (Å²) in [7, 11) is 0. The Hall–Kier alpha value is -2.28. The minimum atomic E-state index is 0.532. The first-order valence-electron chi connectivity index (χ1n) is 9.47. The molecule has 28 heavy (non-hydrogen) atoms. The van der Waals surface area contributed by atoms with Crippen molar-refractivity contribution in [3.8, 4) is 11.3 Å². The van der Waals surface area contributed by atoms with Crippen molar-refractivity contribution in [1.29, 1.82) is 0 Å². The number of thiazole rings is 1. The van der Waals surface area contributed by atoms with Crippen molar-refractivity contribution >= 4 is 33.2 Å². The van der Waals surface area contributed by atoms with Gasteiger partial charge < -0.3 is 0 Å². The molecule has 1 aliphatic rings. The number of pyridine rings is 1. The Labute approximate surface area is 172 Å². The highest BCUT2D eigenvalue weighted by molar-refractivity contribution is 7.18. The van der Waals surface area contributed by atoms with Crippen LogP contribution in [0.4, 0.5) is 0 Å². The largest absolute Gasteiger partial charge is 0.284 e. The summed E-state index contributed by atoms with van der Waals surface area (Å²) in [6.45, 7) is 2.92. The fraction of sp³-hybridized carbons (Fsp3) is 0.286. The average molecular weight is 410 g/mol. The van der Waals surface area contributed by atoms with Crippen LogP contribution in [-0.2, 0) is 6.67 Å². The monoisotopic (exact) mass is 409 g/mol. The van der Waals surface area contributed by atoms with E-state index in [2.05, 4.69) is 31.8 Å². The van der Waals surface area contributed by atoms with Crippen molar-refractivity contribution in [3.05, 3.63) is 65.0 Å². The molecule has 5 nitrogen and oxygen atoms in total. The first kappa shape index (κ1) is 17.8. The Morgan fingerprint density at radius 2 is 1.86 bits per heavy atom. The zero-order valence-electron chi connectivity index (χ0n) is 15.3. The van der Waals surface area contributed by atoms with E-state index in [1.54, 1.807) is 0 Å². The molecule has 4 aromatic rings. The molecule has 1 fully saturated rings. The SMILES string of the molecule is Clc1ccc2sc(C3CCN(Cn4nccc4-c4ccncc4)CC3)nc2c1. The number of hydrogen-bond donors (Lipinski definition) is 0. The molecule has 0 atom stereocenters. The van der Waals surface area contributed by atoms with E-state index in [1.807, 2.05) is 54.2 Å². The van der Waals surface area contributed by atoms with Crippen LogP contribution in [0.1, 0.15) is 23.8 Å². The number of likely N-dealkylation sites (tertiary alicyclic amines) is 1. The van der Waals surface area contributed by atoms with Crippen LogP contribution in [0, 0.1) is 0 Å². The quantitative estimate of drug-likeness (QED) is 0.473. The van der Waals surface area contributed by atoms with Gasteiger partial charge in [0.15, 0.2) is 0 Å². The van der Waals surface area contributed by atoms with E-state index in [9.17, 15) is 0 Å². The second-order valence-corrected chi connectivity index (χ2v) is 8.65. The molecule has 1 saturated heterocycles. The lowest BCUT2D eigenvalue weighted by molar-refractivity contribution is 0.162. The van der Waals surface area contributed by atoms with Crippen molar-refractivity contribution in [2.75, 3.05) is 13.1 Å². The van der Waals surface area contributed by atoms with Gasteiger partial charge in [-0.05, 0) is 49.2 Å². The smallest absolute Gasteiger partial charge is 0.0970 e. The minimum absolute atomic E-state index is 0.532. The summed E-state index contributed by atoms with van der Waals surface area (Å²) in [6, 6.07) is 12.1. The first-order valence-corrected chi connectivity index (χ1v) is 10.7. The molecule has 1 aliphatic heterocycles. The van der Waals surface area contributed by atoms with Gasteiger partial charge in [-0.1, -0.05) is 11.6 Å². The summed E-state index contributed by atoms with van der Waals surface area (Å²) in [5, 5.41) is 6.53. The van der Waals surface area contributed by atoms with E-state index < -0.39 is 0 Å². The fourth-order valence-corrected chi connectivity index (χ4v) is 5.10. The number of benzene rings is 1. The number of halogens is 1. The highest BCUT2D eigenvalue weighted by Gasteiger charge is 2.24. The third kappa shape index (κ3) is 3.55. The average Bonchev–Trinajstić information content (AvgIpc) is 3.36. The molecule has 0 bridgehead atoms. The minimum Gasteiger partial charge on any atom is -0.284 e. The van der Waals surface area contributed by atoms with Gasteiger partial charge in [-0.25, -0.2) is 4.98 Å². The van der Waals surface area contributed by atoms with Gasteiger partial charge in [-0.15, -0.1) is 11.3 Å². The Bertz CT molecular complexity index is 1080. The molecular formula is C21H20ClN5S. The fourth-order valence-electron chi connectivity index (χ4n) is 3.82. The molecule has 142 valence electrons. The van der Waals surface area contributed by atoms with Gasteiger partial charge in [0.05, 0.1) is 27.6 Å². The highest BCUT2D eigenvalue weighted by atomic mass is 35.5. The zero-order chi connectivity index (χ0) is 18.9. The van der Waals surface area contributed by atoms with Gasteiger partial charge in [-0.2, -0.15) is 5.10 Å². The van der Waals surface area contributed by atoms with Crippen LogP contribution in [0.15, 0.2) is 55.0 Å².